The van der Waals surface area contributed by atoms with Gasteiger partial charge in [-0.25, -0.2) is 9.78 Å². The predicted molar refractivity (Wildman–Crippen MR) is 132 cm³/mol. The van der Waals surface area contributed by atoms with E-state index in [4.69, 9.17) is 9.47 Å². The maximum atomic E-state index is 13.6. The summed E-state index contributed by atoms with van der Waals surface area (Å²) in [5, 5.41) is 0. The summed E-state index contributed by atoms with van der Waals surface area (Å²) in [4.78, 5) is 34.9. The molecular formula is C22H32N6O6S. The Morgan fingerprint density at radius 3 is 2.43 bits per heavy atom. The number of anilines is 2. The van der Waals surface area contributed by atoms with Crippen LogP contribution in [0.3, 0.4) is 0 Å². The molecule has 0 N–H and O–H groups in total. The number of methoxy groups -OCH3 is 1. The minimum atomic E-state index is -3.81. The zero-order valence-electron chi connectivity index (χ0n) is 20.6. The van der Waals surface area contributed by atoms with Crippen LogP contribution in [0.15, 0.2) is 17.1 Å². The standard InChI is InChI=1S/C22H32N6O6S/c1-5-6-13-34-19-18(22(30)33-4)23-20-17(28-12-9-25(3)35(28,31)32)14-16(15-27(20)21(19)29)26-10-7-24(2)8-11-26/h14-15H,5-13H2,1-4H3. The molecule has 2 aromatic heterocycles. The molecule has 0 atom stereocenters. The number of esters is 1. The first-order chi connectivity index (χ1) is 16.7. The van der Waals surface area contributed by atoms with Crippen LogP contribution in [0.2, 0.25) is 0 Å². The highest BCUT2D eigenvalue weighted by molar-refractivity contribution is 7.90. The largest absolute Gasteiger partial charge is 0.486 e. The van der Waals surface area contributed by atoms with E-state index in [1.807, 2.05) is 14.0 Å². The van der Waals surface area contributed by atoms with Crippen molar-refractivity contribution in [1.82, 2.24) is 18.6 Å². The molecule has 13 heteroatoms. The Bertz CT molecular complexity index is 1270. The molecule has 0 radical (unpaired) electrons. The summed E-state index contributed by atoms with van der Waals surface area (Å²) in [7, 11) is 0.926. The summed E-state index contributed by atoms with van der Waals surface area (Å²) in [6.07, 6.45) is 3.17. The number of unbranched alkanes of at least 4 members (excludes halogenated alkanes) is 1. The molecule has 12 nitrogen and oxygen atoms in total. The number of rotatable bonds is 7. The zero-order chi connectivity index (χ0) is 25.3. The highest BCUT2D eigenvalue weighted by Gasteiger charge is 2.37. The van der Waals surface area contributed by atoms with Crippen LogP contribution >= 0.6 is 0 Å². The van der Waals surface area contributed by atoms with Crippen LogP contribution < -0.4 is 19.5 Å². The third-order valence-corrected chi connectivity index (χ3v) is 8.31. The molecule has 4 rings (SSSR count). The van der Waals surface area contributed by atoms with Gasteiger partial charge in [0.1, 0.15) is 0 Å². The number of nitrogens with zero attached hydrogens (tertiary/aromatic N) is 6. The van der Waals surface area contributed by atoms with Crippen molar-refractivity contribution >= 4 is 33.2 Å². The van der Waals surface area contributed by atoms with Crippen molar-refractivity contribution in [2.45, 2.75) is 19.8 Å². The van der Waals surface area contributed by atoms with E-state index in [1.165, 1.54) is 27.2 Å². The lowest BCUT2D eigenvalue weighted by atomic mass is 10.2. The molecule has 2 aliphatic rings. The van der Waals surface area contributed by atoms with Crippen molar-refractivity contribution in [3.8, 4) is 5.75 Å². The van der Waals surface area contributed by atoms with E-state index in [0.29, 0.717) is 18.7 Å². The van der Waals surface area contributed by atoms with Gasteiger partial charge >= 0.3 is 21.7 Å². The second-order valence-corrected chi connectivity index (χ2v) is 10.7. The van der Waals surface area contributed by atoms with Gasteiger partial charge < -0.3 is 19.3 Å². The van der Waals surface area contributed by atoms with Crippen LogP contribution in [0.4, 0.5) is 11.4 Å². The lowest BCUT2D eigenvalue weighted by molar-refractivity contribution is 0.0588. The van der Waals surface area contributed by atoms with E-state index < -0.39 is 21.7 Å². The summed E-state index contributed by atoms with van der Waals surface area (Å²) in [5.41, 5.74) is 0.114. The minimum Gasteiger partial charge on any atom is -0.486 e. The normalized spacial score (nSPS) is 18.9. The summed E-state index contributed by atoms with van der Waals surface area (Å²) in [6.45, 7) is 5.80. The maximum absolute atomic E-state index is 13.6. The number of pyridine rings is 1. The third kappa shape index (κ3) is 4.67. The van der Waals surface area contributed by atoms with Gasteiger partial charge in [-0.1, -0.05) is 13.3 Å². The van der Waals surface area contributed by atoms with E-state index >= 15 is 0 Å². The Labute approximate surface area is 204 Å². The minimum absolute atomic E-state index is 0.0509. The van der Waals surface area contributed by atoms with Crippen molar-refractivity contribution in [3.63, 3.8) is 0 Å². The Morgan fingerprint density at radius 1 is 1.11 bits per heavy atom. The van der Waals surface area contributed by atoms with E-state index in [-0.39, 0.29) is 35.9 Å². The highest BCUT2D eigenvalue weighted by atomic mass is 32.2. The average molecular weight is 509 g/mol. The van der Waals surface area contributed by atoms with Gasteiger partial charge in [-0.15, -0.1) is 0 Å². The summed E-state index contributed by atoms with van der Waals surface area (Å²) in [5.74, 6) is -1.03. The molecule has 4 heterocycles. The number of ether oxygens (including phenoxy) is 2. The molecule has 2 saturated heterocycles. The highest BCUT2D eigenvalue weighted by Crippen LogP contribution is 2.32. The van der Waals surface area contributed by atoms with Gasteiger partial charge in [-0.05, 0) is 19.5 Å². The molecule has 0 saturated carbocycles. The lowest BCUT2D eigenvalue weighted by Crippen LogP contribution is -2.44. The van der Waals surface area contributed by atoms with Gasteiger partial charge in [0.05, 0.1) is 25.1 Å². The van der Waals surface area contributed by atoms with Gasteiger partial charge in [0.15, 0.2) is 11.3 Å². The quantitative estimate of drug-likeness (QED) is 0.387. The van der Waals surface area contributed by atoms with Gasteiger partial charge in [0.25, 0.3) is 0 Å². The number of aromatic nitrogens is 2. The molecule has 2 aromatic rings. The number of fused-ring (bicyclic) bond motifs is 1. The first kappa shape index (κ1) is 25.2. The van der Waals surface area contributed by atoms with Crippen LogP contribution in [0.5, 0.6) is 5.75 Å². The molecular weight excluding hydrogens is 476 g/mol. The second kappa shape index (κ2) is 9.99. The number of piperazine rings is 1. The molecule has 0 amide bonds. The fourth-order valence-corrected chi connectivity index (χ4v) is 5.52. The summed E-state index contributed by atoms with van der Waals surface area (Å²) >= 11 is 0. The smallest absolute Gasteiger partial charge is 0.360 e. The topological polar surface area (TPSA) is 117 Å². The molecule has 0 aliphatic carbocycles. The Kier molecular flexibility index (Phi) is 7.20. The predicted octanol–water partition coefficient (Wildman–Crippen LogP) is 0.408. The first-order valence-electron chi connectivity index (χ1n) is 11.7. The maximum Gasteiger partial charge on any atom is 0.360 e. The molecule has 2 aliphatic heterocycles. The Hall–Kier alpha value is -2.90. The fraction of sp³-hybridized carbons (Fsp3) is 0.591. The van der Waals surface area contributed by atoms with Crippen LogP contribution in [-0.4, -0.2) is 100 Å². The first-order valence-corrected chi connectivity index (χ1v) is 13.1. The van der Waals surface area contributed by atoms with Crippen LogP contribution in [0, 0.1) is 0 Å². The van der Waals surface area contributed by atoms with E-state index in [0.717, 1.165) is 32.6 Å². The van der Waals surface area contributed by atoms with Gasteiger partial charge in [-0.3, -0.25) is 13.5 Å². The zero-order valence-corrected chi connectivity index (χ0v) is 21.4. The van der Waals surface area contributed by atoms with Crippen LogP contribution in [0.25, 0.3) is 5.65 Å². The van der Waals surface area contributed by atoms with Crippen molar-refractivity contribution in [1.29, 1.82) is 0 Å². The Balaban J connectivity index is 1.96. The van der Waals surface area contributed by atoms with E-state index in [9.17, 15) is 18.0 Å². The van der Waals surface area contributed by atoms with Gasteiger partial charge in [0.2, 0.25) is 5.75 Å². The molecule has 35 heavy (non-hydrogen) atoms. The molecule has 0 aromatic carbocycles. The monoisotopic (exact) mass is 508 g/mol. The SMILES string of the molecule is CCCCOc1c(C(=O)OC)nc2c(N3CCN(C)S3(=O)=O)cc(N3CCN(C)CC3)cn2c1=O. The molecule has 0 spiro atoms. The fourth-order valence-electron chi connectivity index (χ4n) is 4.17. The van der Waals surface area contributed by atoms with Gasteiger partial charge in [-0.2, -0.15) is 12.7 Å². The van der Waals surface area contributed by atoms with Crippen molar-refractivity contribution < 1.29 is 22.7 Å². The van der Waals surface area contributed by atoms with Crippen molar-refractivity contribution in [3.05, 3.63) is 28.3 Å². The number of hydrogen-bond acceptors (Lipinski definition) is 9. The number of likely N-dealkylation sites (N-methyl/N-ethyl adjacent to an activating group) is 2. The lowest BCUT2D eigenvalue weighted by Gasteiger charge is -2.34. The second-order valence-electron chi connectivity index (χ2n) is 8.76. The van der Waals surface area contributed by atoms with Crippen molar-refractivity contribution in [2.24, 2.45) is 0 Å². The molecule has 2 fully saturated rings. The average Bonchev–Trinajstić information content (AvgIpc) is 3.11. The Morgan fingerprint density at radius 2 is 1.83 bits per heavy atom. The number of carbonyl (C=O) groups excluding carboxylic acids is 1. The van der Waals surface area contributed by atoms with Crippen LogP contribution in [0.1, 0.15) is 30.3 Å². The van der Waals surface area contributed by atoms with Crippen molar-refractivity contribution in [2.75, 3.05) is 76.3 Å². The number of hydrogen-bond donors (Lipinski definition) is 0. The van der Waals surface area contributed by atoms with E-state index in [2.05, 4.69) is 14.8 Å². The molecule has 0 bridgehead atoms. The molecule has 0 unspecified atom stereocenters. The van der Waals surface area contributed by atoms with Gasteiger partial charge in [0, 0.05) is 52.5 Å². The van der Waals surface area contributed by atoms with Crippen LogP contribution in [-0.2, 0) is 14.9 Å². The summed E-state index contributed by atoms with van der Waals surface area (Å²) < 4.78 is 40.5. The summed E-state index contributed by atoms with van der Waals surface area (Å²) in [6, 6.07) is 1.72. The number of carbonyl (C=O) groups is 1. The molecule has 192 valence electrons. The van der Waals surface area contributed by atoms with E-state index in [1.54, 1.807) is 12.3 Å². The third-order valence-electron chi connectivity index (χ3n) is 6.40.